The fourth-order valence-corrected chi connectivity index (χ4v) is 2.90. The van der Waals surface area contributed by atoms with Gasteiger partial charge in [0.15, 0.2) is 0 Å². The number of para-hydroxylation sites is 1. The summed E-state index contributed by atoms with van der Waals surface area (Å²) in [5.74, 6) is -0.275. The smallest absolute Gasteiger partial charge is 0.261 e. The van der Waals surface area contributed by atoms with Gasteiger partial charge in [-0.25, -0.2) is 0 Å². The van der Waals surface area contributed by atoms with Crippen molar-refractivity contribution in [2.24, 2.45) is 5.10 Å². The first-order valence-corrected chi connectivity index (χ1v) is 9.08. The molecular weight excluding hydrogens is 366 g/mol. The molecule has 0 saturated carbocycles. The summed E-state index contributed by atoms with van der Waals surface area (Å²) in [6, 6.07) is 23.3. The van der Waals surface area contributed by atoms with E-state index in [1.165, 1.54) is 6.07 Å². The number of fused-ring (bicyclic) bond motifs is 1. The molecular formula is C23H19N3O3. The zero-order chi connectivity index (χ0) is 20.2. The molecule has 3 N–H and O–H groups in total. The number of rotatable bonds is 4. The lowest BCUT2D eigenvalue weighted by atomic mass is 10.1. The van der Waals surface area contributed by atoms with Gasteiger partial charge < -0.3 is 14.8 Å². The highest BCUT2D eigenvalue weighted by molar-refractivity contribution is 6.05. The fourth-order valence-electron chi connectivity index (χ4n) is 2.90. The van der Waals surface area contributed by atoms with Gasteiger partial charge in [-0.1, -0.05) is 30.3 Å². The van der Waals surface area contributed by atoms with Gasteiger partial charge in [0.25, 0.3) is 5.91 Å². The van der Waals surface area contributed by atoms with Crippen LogP contribution in [0.25, 0.3) is 11.0 Å². The molecule has 1 amide bonds. The Kier molecular flexibility index (Phi) is 4.99. The van der Waals surface area contributed by atoms with Crippen molar-refractivity contribution in [3.63, 3.8) is 0 Å². The van der Waals surface area contributed by atoms with E-state index in [1.54, 1.807) is 18.2 Å². The third kappa shape index (κ3) is 4.27. The van der Waals surface area contributed by atoms with E-state index >= 15 is 0 Å². The molecule has 1 heterocycles. The number of carbonyl (C=O) groups is 1. The van der Waals surface area contributed by atoms with Gasteiger partial charge >= 0.3 is 0 Å². The minimum Gasteiger partial charge on any atom is -0.508 e. The van der Waals surface area contributed by atoms with Crippen molar-refractivity contribution in [3.8, 4) is 5.75 Å². The van der Waals surface area contributed by atoms with Gasteiger partial charge in [0, 0.05) is 17.1 Å². The van der Waals surface area contributed by atoms with Crippen molar-refractivity contribution in [2.75, 3.05) is 10.7 Å². The third-order valence-electron chi connectivity index (χ3n) is 4.31. The molecule has 144 valence electrons. The van der Waals surface area contributed by atoms with Crippen LogP contribution in [0.3, 0.4) is 0 Å². The summed E-state index contributed by atoms with van der Waals surface area (Å²) in [4.78, 5) is 13.0. The second-order valence-corrected chi connectivity index (χ2v) is 6.60. The van der Waals surface area contributed by atoms with Crippen molar-refractivity contribution >= 4 is 28.3 Å². The average molecular weight is 385 g/mol. The second-order valence-electron chi connectivity index (χ2n) is 6.60. The van der Waals surface area contributed by atoms with E-state index in [4.69, 9.17) is 4.42 Å². The predicted octanol–water partition coefficient (Wildman–Crippen LogP) is 4.63. The standard InChI is InChI=1S/C23H19N3O3/c1-15-6-5-9-18(12-15)24-22(28)20-13-16-10-11-19(27)14-21(16)29-23(20)26-25-17-7-3-2-4-8-17/h2-14,25,27H,1H3,(H,24,28)/b26-23-. The summed E-state index contributed by atoms with van der Waals surface area (Å²) >= 11 is 0. The minimum absolute atomic E-state index is 0.0696. The number of nitrogens with one attached hydrogen (secondary N) is 2. The lowest BCUT2D eigenvalue weighted by Gasteiger charge is -2.08. The number of phenolic OH excluding ortho intramolecular Hbond substituents is 1. The number of aromatic hydroxyl groups is 1. The minimum atomic E-state index is -0.345. The zero-order valence-corrected chi connectivity index (χ0v) is 15.7. The molecule has 0 bridgehead atoms. The fraction of sp³-hybridized carbons (Fsp3) is 0.0435. The monoisotopic (exact) mass is 385 g/mol. The number of amides is 1. The molecule has 4 aromatic rings. The Bertz CT molecular complexity index is 1250. The first kappa shape index (κ1) is 18.3. The first-order valence-electron chi connectivity index (χ1n) is 9.08. The van der Waals surface area contributed by atoms with Gasteiger partial charge in [-0.2, -0.15) is 0 Å². The maximum absolute atomic E-state index is 13.0. The van der Waals surface area contributed by atoms with Crippen LogP contribution in [0.1, 0.15) is 15.9 Å². The van der Waals surface area contributed by atoms with Crippen LogP contribution in [-0.2, 0) is 0 Å². The van der Waals surface area contributed by atoms with Crippen LogP contribution < -0.4 is 16.3 Å². The summed E-state index contributed by atoms with van der Waals surface area (Å²) < 4.78 is 5.83. The van der Waals surface area contributed by atoms with E-state index in [1.807, 2.05) is 61.5 Å². The molecule has 6 nitrogen and oxygen atoms in total. The Hall–Kier alpha value is -4.06. The number of hydrogen-bond acceptors (Lipinski definition) is 5. The van der Waals surface area contributed by atoms with Crippen molar-refractivity contribution in [3.05, 3.63) is 95.5 Å². The molecule has 0 atom stereocenters. The molecule has 0 spiro atoms. The van der Waals surface area contributed by atoms with Crippen LogP contribution in [0, 0.1) is 6.92 Å². The maximum Gasteiger partial charge on any atom is 0.261 e. The summed E-state index contributed by atoms with van der Waals surface area (Å²) in [5, 5.41) is 17.6. The highest BCUT2D eigenvalue weighted by Crippen LogP contribution is 2.20. The number of benzene rings is 3. The Labute approximate surface area is 167 Å². The summed E-state index contributed by atoms with van der Waals surface area (Å²) in [7, 11) is 0. The lowest BCUT2D eigenvalue weighted by molar-refractivity contribution is 0.102. The average Bonchev–Trinajstić information content (AvgIpc) is 2.72. The molecule has 0 saturated heterocycles. The van der Waals surface area contributed by atoms with Crippen molar-refractivity contribution in [2.45, 2.75) is 6.92 Å². The number of anilines is 2. The number of carbonyl (C=O) groups excluding carboxylic acids is 1. The first-order chi connectivity index (χ1) is 14.1. The number of hydrogen-bond donors (Lipinski definition) is 3. The van der Waals surface area contributed by atoms with Crippen molar-refractivity contribution < 1.29 is 14.3 Å². The Morgan fingerprint density at radius 1 is 0.931 bits per heavy atom. The van der Waals surface area contributed by atoms with Gasteiger partial charge in [-0.05, 0) is 55.0 Å². The van der Waals surface area contributed by atoms with Gasteiger partial charge in [0.1, 0.15) is 16.9 Å². The molecule has 0 radical (unpaired) electrons. The number of aryl methyl sites for hydroxylation is 1. The Morgan fingerprint density at radius 2 is 1.72 bits per heavy atom. The Balaban J connectivity index is 1.77. The Morgan fingerprint density at radius 3 is 2.52 bits per heavy atom. The molecule has 1 aromatic heterocycles. The van der Waals surface area contributed by atoms with Gasteiger partial charge in [-0.15, -0.1) is 5.10 Å². The van der Waals surface area contributed by atoms with E-state index in [9.17, 15) is 9.90 Å². The molecule has 0 fully saturated rings. The van der Waals surface area contributed by atoms with Crippen LogP contribution in [0.4, 0.5) is 11.4 Å². The largest absolute Gasteiger partial charge is 0.508 e. The number of nitrogens with zero attached hydrogens (tertiary/aromatic N) is 1. The van der Waals surface area contributed by atoms with Crippen LogP contribution >= 0.6 is 0 Å². The highest BCUT2D eigenvalue weighted by atomic mass is 16.3. The molecule has 0 aliphatic rings. The molecule has 0 unspecified atom stereocenters. The molecule has 4 rings (SSSR count). The second kappa shape index (κ2) is 7.90. The molecule has 6 heteroatoms. The molecule has 0 aliphatic heterocycles. The van der Waals surface area contributed by atoms with E-state index in [0.29, 0.717) is 16.7 Å². The van der Waals surface area contributed by atoms with E-state index in [0.717, 1.165) is 11.3 Å². The quantitative estimate of drug-likeness (QED) is 0.447. The summed E-state index contributed by atoms with van der Waals surface area (Å²) in [6.07, 6.45) is 0. The number of phenols is 1. The zero-order valence-electron chi connectivity index (χ0n) is 15.7. The van der Waals surface area contributed by atoms with Crippen LogP contribution in [-0.4, -0.2) is 11.0 Å². The third-order valence-corrected chi connectivity index (χ3v) is 4.31. The van der Waals surface area contributed by atoms with Gasteiger partial charge in [0.2, 0.25) is 5.55 Å². The predicted molar refractivity (Wildman–Crippen MR) is 113 cm³/mol. The SMILES string of the molecule is Cc1cccc(NC(=O)c2cc3ccc(O)cc3o/c2=N\Nc2ccccc2)c1. The molecule has 29 heavy (non-hydrogen) atoms. The molecule has 0 aliphatic carbocycles. The van der Waals surface area contributed by atoms with Crippen molar-refractivity contribution in [1.29, 1.82) is 0 Å². The van der Waals surface area contributed by atoms with Crippen LogP contribution in [0.15, 0.2) is 88.4 Å². The van der Waals surface area contributed by atoms with Crippen LogP contribution in [0.5, 0.6) is 5.75 Å². The van der Waals surface area contributed by atoms with Gasteiger partial charge in [-0.3, -0.25) is 10.2 Å². The van der Waals surface area contributed by atoms with E-state index in [2.05, 4.69) is 15.8 Å². The highest BCUT2D eigenvalue weighted by Gasteiger charge is 2.13. The van der Waals surface area contributed by atoms with Crippen LogP contribution in [0.2, 0.25) is 0 Å². The molecule has 3 aromatic carbocycles. The maximum atomic E-state index is 13.0. The lowest BCUT2D eigenvalue weighted by Crippen LogP contribution is -2.22. The summed E-state index contributed by atoms with van der Waals surface area (Å²) in [5.41, 5.74) is 6.17. The van der Waals surface area contributed by atoms with E-state index in [-0.39, 0.29) is 22.8 Å². The van der Waals surface area contributed by atoms with Crippen molar-refractivity contribution in [1.82, 2.24) is 0 Å². The van der Waals surface area contributed by atoms with Gasteiger partial charge in [0.05, 0.1) is 5.69 Å². The summed E-state index contributed by atoms with van der Waals surface area (Å²) in [6.45, 7) is 1.96. The van der Waals surface area contributed by atoms with E-state index < -0.39 is 0 Å². The topological polar surface area (TPSA) is 86.9 Å². The normalized spacial score (nSPS) is 11.4.